The Morgan fingerprint density at radius 1 is 0.312 bits per heavy atom. The summed E-state index contributed by atoms with van der Waals surface area (Å²) in [6, 6.07) is 0. The Bertz CT molecular complexity index is 1210. The third-order valence-electron chi connectivity index (χ3n) is 11.4. The molecule has 0 aromatic rings. The van der Waals surface area contributed by atoms with Gasteiger partial charge in [0.15, 0.2) is 6.10 Å². The van der Waals surface area contributed by atoms with Gasteiger partial charge in [-0.3, -0.25) is 14.4 Å². The van der Waals surface area contributed by atoms with Gasteiger partial charge in [0.25, 0.3) is 0 Å². The minimum Gasteiger partial charge on any atom is -0.462 e. The zero-order valence-corrected chi connectivity index (χ0v) is 42.0. The first kappa shape index (κ1) is 60.9. The van der Waals surface area contributed by atoms with Crippen molar-refractivity contribution in [3.8, 4) is 0 Å². The molecule has 6 nitrogen and oxygen atoms in total. The molecule has 0 unspecified atom stereocenters. The maximum absolute atomic E-state index is 12.8. The highest BCUT2D eigenvalue weighted by molar-refractivity contribution is 5.71. The van der Waals surface area contributed by atoms with Crippen LogP contribution in [0.1, 0.15) is 258 Å². The molecule has 6 heteroatoms. The quantitative estimate of drug-likeness (QED) is 0.0262. The molecule has 0 aliphatic carbocycles. The second kappa shape index (κ2) is 52.5. The van der Waals surface area contributed by atoms with Crippen LogP contribution in [0.3, 0.4) is 0 Å². The number of unbranched alkanes of at least 4 members (excludes halogenated alkanes) is 25. The van der Waals surface area contributed by atoms with Crippen LogP contribution in [0.15, 0.2) is 72.9 Å². The number of carbonyl (C=O) groups is 3. The van der Waals surface area contributed by atoms with Crippen molar-refractivity contribution in [2.45, 2.75) is 264 Å². The van der Waals surface area contributed by atoms with Gasteiger partial charge < -0.3 is 14.2 Å². The molecule has 0 amide bonds. The van der Waals surface area contributed by atoms with Crippen LogP contribution < -0.4 is 0 Å². The molecule has 0 aromatic carbocycles. The van der Waals surface area contributed by atoms with E-state index < -0.39 is 6.10 Å². The fourth-order valence-corrected chi connectivity index (χ4v) is 7.28. The first-order chi connectivity index (χ1) is 31.5. The number of carbonyl (C=O) groups excluding carboxylic acids is 3. The molecule has 368 valence electrons. The Morgan fingerprint density at radius 2 is 0.578 bits per heavy atom. The summed E-state index contributed by atoms with van der Waals surface area (Å²) in [4.78, 5) is 38.0. The van der Waals surface area contributed by atoms with Crippen LogP contribution in [0.25, 0.3) is 0 Å². The van der Waals surface area contributed by atoms with Crippen molar-refractivity contribution < 1.29 is 28.6 Å². The van der Waals surface area contributed by atoms with Gasteiger partial charge in [0.05, 0.1) is 0 Å². The van der Waals surface area contributed by atoms with E-state index in [-0.39, 0.29) is 31.1 Å². The third kappa shape index (κ3) is 49.9. The molecule has 0 aliphatic rings. The van der Waals surface area contributed by atoms with Gasteiger partial charge in [0, 0.05) is 19.3 Å². The molecule has 0 N–H and O–H groups in total. The van der Waals surface area contributed by atoms with Crippen LogP contribution in [-0.4, -0.2) is 37.2 Å². The standard InChI is InChI=1S/C58H100O6/c1-4-7-10-13-16-19-22-24-26-28-29-30-32-33-36-39-42-45-48-51-57(60)63-54-55(53-62-56(59)50-47-44-41-38-35-21-18-15-12-9-6-3)64-58(61)52-49-46-43-40-37-34-31-27-25-23-20-17-14-11-8-5-2/h15-16,18-19,24,26-27,29-31,33,36,55H,4-14,17,20-23,25,28,32,34-35,37-54H2,1-3H3/b18-15-,19-16-,26-24-,30-29-,31-27-,36-33-/t55-/m1/s1. The summed E-state index contributed by atoms with van der Waals surface area (Å²) in [5.41, 5.74) is 0. The van der Waals surface area contributed by atoms with Gasteiger partial charge in [0.2, 0.25) is 0 Å². The molecule has 0 heterocycles. The van der Waals surface area contributed by atoms with Crippen molar-refractivity contribution >= 4 is 17.9 Å². The predicted octanol–water partition coefficient (Wildman–Crippen LogP) is 17.8. The number of hydrogen-bond acceptors (Lipinski definition) is 6. The first-order valence-corrected chi connectivity index (χ1v) is 26.9. The van der Waals surface area contributed by atoms with Gasteiger partial charge >= 0.3 is 17.9 Å². The lowest BCUT2D eigenvalue weighted by Crippen LogP contribution is -2.30. The molecular weight excluding hydrogens is 793 g/mol. The van der Waals surface area contributed by atoms with E-state index in [2.05, 4.69) is 93.7 Å². The van der Waals surface area contributed by atoms with E-state index in [0.29, 0.717) is 19.3 Å². The Balaban J connectivity index is 4.43. The Hall–Kier alpha value is -3.15. The lowest BCUT2D eigenvalue weighted by molar-refractivity contribution is -0.167. The highest BCUT2D eigenvalue weighted by atomic mass is 16.6. The number of ether oxygens (including phenoxy) is 3. The molecule has 0 radical (unpaired) electrons. The Labute approximate surface area is 395 Å². The van der Waals surface area contributed by atoms with Gasteiger partial charge in [-0.25, -0.2) is 0 Å². The molecule has 0 aromatic heterocycles. The average Bonchev–Trinajstić information content (AvgIpc) is 3.29. The van der Waals surface area contributed by atoms with E-state index in [0.717, 1.165) is 103 Å². The highest BCUT2D eigenvalue weighted by Gasteiger charge is 2.19. The third-order valence-corrected chi connectivity index (χ3v) is 11.4. The topological polar surface area (TPSA) is 78.9 Å². The summed E-state index contributed by atoms with van der Waals surface area (Å²) in [5.74, 6) is -0.940. The number of allylic oxidation sites excluding steroid dienone is 12. The summed E-state index contributed by atoms with van der Waals surface area (Å²) in [5, 5.41) is 0. The molecule has 1 atom stereocenters. The van der Waals surface area contributed by atoms with E-state index in [1.54, 1.807) is 0 Å². The summed E-state index contributed by atoms with van der Waals surface area (Å²) >= 11 is 0. The van der Waals surface area contributed by atoms with Gasteiger partial charge in [-0.1, -0.05) is 203 Å². The molecule has 64 heavy (non-hydrogen) atoms. The number of hydrogen-bond donors (Lipinski definition) is 0. The Morgan fingerprint density at radius 3 is 0.984 bits per heavy atom. The van der Waals surface area contributed by atoms with Crippen molar-refractivity contribution in [2.75, 3.05) is 13.2 Å². The van der Waals surface area contributed by atoms with Crippen LogP contribution in [0.5, 0.6) is 0 Å². The monoisotopic (exact) mass is 893 g/mol. The molecule has 0 saturated heterocycles. The predicted molar refractivity (Wildman–Crippen MR) is 274 cm³/mol. The fourth-order valence-electron chi connectivity index (χ4n) is 7.28. The van der Waals surface area contributed by atoms with Crippen LogP contribution >= 0.6 is 0 Å². The number of esters is 3. The lowest BCUT2D eigenvalue weighted by atomic mass is 10.1. The summed E-state index contributed by atoms with van der Waals surface area (Å²) in [6.45, 7) is 6.53. The van der Waals surface area contributed by atoms with Crippen molar-refractivity contribution in [3.05, 3.63) is 72.9 Å². The lowest BCUT2D eigenvalue weighted by Gasteiger charge is -2.18. The van der Waals surface area contributed by atoms with E-state index in [1.165, 1.54) is 116 Å². The van der Waals surface area contributed by atoms with Crippen LogP contribution in [0.2, 0.25) is 0 Å². The maximum atomic E-state index is 12.8. The minimum absolute atomic E-state index is 0.0935. The highest BCUT2D eigenvalue weighted by Crippen LogP contribution is 2.14. The summed E-state index contributed by atoms with van der Waals surface area (Å²) < 4.78 is 16.8. The van der Waals surface area contributed by atoms with Crippen molar-refractivity contribution in [2.24, 2.45) is 0 Å². The second-order valence-corrected chi connectivity index (χ2v) is 17.8. The normalized spacial score (nSPS) is 12.6. The van der Waals surface area contributed by atoms with E-state index in [4.69, 9.17) is 14.2 Å². The summed E-state index contributed by atoms with van der Waals surface area (Å²) in [6.07, 6.45) is 66.0. The Kier molecular flexibility index (Phi) is 49.9. The van der Waals surface area contributed by atoms with Gasteiger partial charge in [-0.05, 0) is 109 Å². The van der Waals surface area contributed by atoms with Crippen LogP contribution in [0.4, 0.5) is 0 Å². The summed E-state index contributed by atoms with van der Waals surface area (Å²) in [7, 11) is 0. The van der Waals surface area contributed by atoms with E-state index >= 15 is 0 Å². The van der Waals surface area contributed by atoms with Crippen molar-refractivity contribution in [1.29, 1.82) is 0 Å². The van der Waals surface area contributed by atoms with Gasteiger partial charge in [0.1, 0.15) is 13.2 Å². The second-order valence-electron chi connectivity index (χ2n) is 17.8. The van der Waals surface area contributed by atoms with E-state index in [9.17, 15) is 14.4 Å². The molecule has 0 rings (SSSR count). The minimum atomic E-state index is -0.795. The first-order valence-electron chi connectivity index (χ1n) is 26.9. The number of rotatable bonds is 48. The van der Waals surface area contributed by atoms with Crippen molar-refractivity contribution in [3.63, 3.8) is 0 Å². The molecule has 0 saturated carbocycles. The zero-order valence-electron chi connectivity index (χ0n) is 42.0. The van der Waals surface area contributed by atoms with Crippen LogP contribution in [0, 0.1) is 0 Å². The van der Waals surface area contributed by atoms with Gasteiger partial charge in [-0.2, -0.15) is 0 Å². The molecule has 0 bridgehead atoms. The fraction of sp³-hybridized carbons (Fsp3) is 0.741. The molecular formula is C58H100O6. The SMILES string of the molecule is CCCC/C=C\CCCCCCCC(=O)OC[C@H](COC(=O)CCCCC/C=C\C/C=C\C/C=C\C/C=C\CCCCC)OC(=O)CCCCCCC/C=C\CCCCCCCCC. The van der Waals surface area contributed by atoms with Crippen molar-refractivity contribution in [1.82, 2.24) is 0 Å². The van der Waals surface area contributed by atoms with Crippen LogP contribution in [-0.2, 0) is 28.6 Å². The van der Waals surface area contributed by atoms with E-state index in [1.807, 2.05) is 0 Å². The molecule has 0 aliphatic heterocycles. The maximum Gasteiger partial charge on any atom is 0.306 e. The molecule has 0 spiro atoms. The smallest absolute Gasteiger partial charge is 0.306 e. The molecule has 0 fully saturated rings. The largest absolute Gasteiger partial charge is 0.462 e. The van der Waals surface area contributed by atoms with Gasteiger partial charge in [-0.15, -0.1) is 0 Å². The average molecular weight is 893 g/mol. The zero-order chi connectivity index (χ0) is 46.5.